The Hall–Kier alpha value is -1.74. The molecule has 0 aliphatic rings. The first-order chi connectivity index (χ1) is 12.3. The Bertz CT molecular complexity index is 895. The van der Waals surface area contributed by atoms with E-state index in [1.165, 1.54) is 10.8 Å². The van der Waals surface area contributed by atoms with Crippen LogP contribution in [0.15, 0.2) is 54.6 Å². The topological polar surface area (TPSA) is 21.3 Å². The number of nitrogens with one attached hydrogen (secondary N) is 1. The lowest BCUT2D eigenvalue weighted by atomic mass is 10.0. The van der Waals surface area contributed by atoms with Crippen LogP contribution in [0.2, 0.25) is 10.0 Å². The summed E-state index contributed by atoms with van der Waals surface area (Å²) in [5.41, 5.74) is 1.96. The molecule has 136 valence electrons. The van der Waals surface area contributed by atoms with E-state index in [0.717, 1.165) is 23.4 Å². The average molecular weight is 388 g/mol. The van der Waals surface area contributed by atoms with Crippen LogP contribution in [0.4, 0.5) is 0 Å². The molecule has 0 aromatic heterocycles. The van der Waals surface area contributed by atoms with Gasteiger partial charge < -0.3 is 10.1 Å². The minimum Gasteiger partial charge on any atom is -0.488 e. The zero-order chi connectivity index (χ0) is 18.7. The number of fused-ring (bicyclic) bond motifs is 1. The van der Waals surface area contributed by atoms with E-state index < -0.39 is 0 Å². The molecule has 3 aromatic rings. The average Bonchev–Trinajstić information content (AvgIpc) is 2.59. The van der Waals surface area contributed by atoms with Crippen LogP contribution in [-0.4, -0.2) is 5.54 Å². The first-order valence-corrected chi connectivity index (χ1v) is 9.42. The molecule has 3 aromatic carbocycles. The summed E-state index contributed by atoms with van der Waals surface area (Å²) in [7, 11) is 0. The summed E-state index contributed by atoms with van der Waals surface area (Å²) in [5, 5.41) is 7.18. The van der Waals surface area contributed by atoms with E-state index in [0.29, 0.717) is 16.7 Å². The zero-order valence-corrected chi connectivity index (χ0v) is 16.8. The maximum atomic E-state index is 6.27. The molecular formula is C22H23Cl2NO. The fourth-order valence-corrected chi connectivity index (χ4v) is 3.31. The maximum absolute atomic E-state index is 6.27. The number of halogens is 2. The zero-order valence-electron chi connectivity index (χ0n) is 15.3. The summed E-state index contributed by atoms with van der Waals surface area (Å²) in [6.07, 6.45) is 0. The molecule has 0 atom stereocenters. The largest absolute Gasteiger partial charge is 0.488 e. The lowest BCUT2D eigenvalue weighted by Crippen LogP contribution is -2.35. The van der Waals surface area contributed by atoms with E-state index in [1.54, 1.807) is 0 Å². The first kappa shape index (κ1) is 19.0. The second kappa shape index (κ2) is 7.87. The van der Waals surface area contributed by atoms with Crippen molar-refractivity contribution in [3.63, 3.8) is 0 Å². The standard InChI is InChI=1S/C22H23Cl2NO/c1-22(2,3)25-13-17-16-8-5-4-7-15(16)11-12-21(17)26-14-18-19(23)9-6-10-20(18)24/h4-12,25H,13-14H2,1-3H3. The fraction of sp³-hybridized carbons (Fsp3) is 0.273. The van der Waals surface area contributed by atoms with E-state index in [-0.39, 0.29) is 5.54 Å². The summed E-state index contributed by atoms with van der Waals surface area (Å²) < 4.78 is 6.15. The van der Waals surface area contributed by atoms with E-state index in [1.807, 2.05) is 30.3 Å². The van der Waals surface area contributed by atoms with Crippen LogP contribution in [-0.2, 0) is 13.2 Å². The Morgan fingerprint density at radius 2 is 1.54 bits per heavy atom. The second-order valence-corrected chi connectivity index (χ2v) is 8.17. The molecule has 2 nitrogen and oxygen atoms in total. The molecule has 0 fully saturated rings. The third kappa shape index (κ3) is 4.50. The van der Waals surface area contributed by atoms with Crippen LogP contribution in [0, 0.1) is 0 Å². The summed E-state index contributed by atoms with van der Waals surface area (Å²) in [5.74, 6) is 0.844. The van der Waals surface area contributed by atoms with Gasteiger partial charge in [0.1, 0.15) is 12.4 Å². The lowest BCUT2D eigenvalue weighted by molar-refractivity contribution is 0.301. The molecule has 0 unspecified atom stereocenters. The van der Waals surface area contributed by atoms with Crippen molar-refractivity contribution in [2.24, 2.45) is 0 Å². The number of hydrogen-bond acceptors (Lipinski definition) is 2. The van der Waals surface area contributed by atoms with Crippen molar-refractivity contribution in [1.29, 1.82) is 0 Å². The summed E-state index contributed by atoms with van der Waals surface area (Å²) >= 11 is 12.5. The molecule has 0 saturated carbocycles. The van der Waals surface area contributed by atoms with Gasteiger partial charge in [-0.2, -0.15) is 0 Å². The van der Waals surface area contributed by atoms with Gasteiger partial charge in [0.15, 0.2) is 0 Å². The highest BCUT2D eigenvalue weighted by atomic mass is 35.5. The molecule has 0 heterocycles. The second-order valence-electron chi connectivity index (χ2n) is 7.36. The number of benzene rings is 3. The molecule has 1 N–H and O–H groups in total. The van der Waals surface area contributed by atoms with E-state index >= 15 is 0 Å². The number of rotatable bonds is 5. The van der Waals surface area contributed by atoms with E-state index in [4.69, 9.17) is 27.9 Å². The maximum Gasteiger partial charge on any atom is 0.124 e. The molecule has 3 rings (SSSR count). The van der Waals surface area contributed by atoms with Gasteiger partial charge in [-0.05, 0) is 49.7 Å². The molecule has 4 heteroatoms. The molecule has 0 bridgehead atoms. The van der Waals surface area contributed by atoms with E-state index in [2.05, 4.69) is 50.4 Å². The fourth-order valence-electron chi connectivity index (χ4n) is 2.81. The van der Waals surface area contributed by atoms with Gasteiger partial charge in [-0.1, -0.05) is 59.6 Å². The monoisotopic (exact) mass is 387 g/mol. The molecule has 0 aliphatic carbocycles. The van der Waals surface area contributed by atoms with Gasteiger partial charge in [0.2, 0.25) is 0 Å². The van der Waals surface area contributed by atoms with Gasteiger partial charge >= 0.3 is 0 Å². The highest BCUT2D eigenvalue weighted by Gasteiger charge is 2.15. The predicted molar refractivity (Wildman–Crippen MR) is 111 cm³/mol. The van der Waals surface area contributed by atoms with Crippen LogP contribution >= 0.6 is 23.2 Å². The van der Waals surface area contributed by atoms with Crippen molar-refractivity contribution in [2.75, 3.05) is 0 Å². The molecular weight excluding hydrogens is 365 g/mol. The normalized spacial score (nSPS) is 11.7. The third-order valence-corrected chi connectivity index (χ3v) is 4.94. The van der Waals surface area contributed by atoms with Crippen molar-refractivity contribution in [3.8, 4) is 5.75 Å². The summed E-state index contributed by atoms with van der Waals surface area (Å²) in [6.45, 7) is 7.52. The quantitative estimate of drug-likeness (QED) is 0.531. The number of ether oxygens (including phenoxy) is 1. The van der Waals surface area contributed by atoms with Crippen LogP contribution < -0.4 is 10.1 Å². The molecule has 26 heavy (non-hydrogen) atoms. The van der Waals surface area contributed by atoms with Crippen LogP contribution in [0.3, 0.4) is 0 Å². The minimum absolute atomic E-state index is 0.0141. The highest BCUT2D eigenvalue weighted by molar-refractivity contribution is 6.35. The molecule has 0 saturated heterocycles. The number of hydrogen-bond donors (Lipinski definition) is 1. The Balaban J connectivity index is 1.94. The van der Waals surface area contributed by atoms with Crippen molar-refractivity contribution in [1.82, 2.24) is 5.32 Å². The molecule has 0 aliphatic heterocycles. The van der Waals surface area contributed by atoms with Crippen LogP contribution in [0.1, 0.15) is 31.9 Å². The van der Waals surface area contributed by atoms with Crippen LogP contribution in [0.5, 0.6) is 5.75 Å². The van der Waals surface area contributed by atoms with Gasteiger partial charge in [-0.15, -0.1) is 0 Å². The lowest BCUT2D eigenvalue weighted by Gasteiger charge is -2.23. The van der Waals surface area contributed by atoms with Gasteiger partial charge in [-0.25, -0.2) is 0 Å². The van der Waals surface area contributed by atoms with Crippen LogP contribution in [0.25, 0.3) is 10.8 Å². The van der Waals surface area contributed by atoms with Gasteiger partial charge in [0, 0.05) is 33.3 Å². The van der Waals surface area contributed by atoms with E-state index in [9.17, 15) is 0 Å². The van der Waals surface area contributed by atoms with Gasteiger partial charge in [0.05, 0.1) is 0 Å². The molecule has 0 amide bonds. The van der Waals surface area contributed by atoms with Crippen molar-refractivity contribution < 1.29 is 4.74 Å². The smallest absolute Gasteiger partial charge is 0.124 e. The Morgan fingerprint density at radius 1 is 0.846 bits per heavy atom. The predicted octanol–water partition coefficient (Wildman–Crippen LogP) is 6.61. The summed E-state index contributed by atoms with van der Waals surface area (Å²) in [6, 6.07) is 17.9. The van der Waals surface area contributed by atoms with Gasteiger partial charge in [-0.3, -0.25) is 0 Å². The highest BCUT2D eigenvalue weighted by Crippen LogP contribution is 2.31. The molecule has 0 spiro atoms. The Morgan fingerprint density at radius 3 is 2.23 bits per heavy atom. The Labute approximate surface area is 165 Å². The van der Waals surface area contributed by atoms with Gasteiger partial charge in [0.25, 0.3) is 0 Å². The molecule has 0 radical (unpaired) electrons. The first-order valence-electron chi connectivity index (χ1n) is 8.66. The van der Waals surface area contributed by atoms with Crippen molar-refractivity contribution in [2.45, 2.75) is 39.5 Å². The van der Waals surface area contributed by atoms with Crippen molar-refractivity contribution >= 4 is 34.0 Å². The third-order valence-electron chi connectivity index (χ3n) is 4.23. The Kier molecular flexibility index (Phi) is 5.76. The van der Waals surface area contributed by atoms with Crippen molar-refractivity contribution in [3.05, 3.63) is 75.8 Å². The summed E-state index contributed by atoms with van der Waals surface area (Å²) in [4.78, 5) is 0. The minimum atomic E-state index is 0.0141. The SMILES string of the molecule is CC(C)(C)NCc1c(OCc2c(Cl)cccc2Cl)ccc2ccccc12.